The van der Waals surface area contributed by atoms with E-state index in [1.807, 2.05) is 6.92 Å². The summed E-state index contributed by atoms with van der Waals surface area (Å²) in [7, 11) is 0.444. The molecule has 0 bridgehead atoms. The Kier molecular flexibility index (Phi) is 8.64. The topological polar surface area (TPSA) is 103 Å². The molecule has 0 atom stereocenters. The summed E-state index contributed by atoms with van der Waals surface area (Å²) in [6.45, 7) is 4.17. The molecule has 0 aliphatic heterocycles. The molecule has 0 aromatic heterocycles. The van der Waals surface area contributed by atoms with Crippen LogP contribution in [-0.2, 0) is 14.8 Å². The van der Waals surface area contributed by atoms with Crippen molar-refractivity contribution in [2.24, 2.45) is 10.4 Å². The van der Waals surface area contributed by atoms with Crippen LogP contribution in [0.5, 0.6) is 0 Å². The van der Waals surface area contributed by atoms with Crippen LogP contribution in [0.25, 0.3) is 0 Å². The van der Waals surface area contributed by atoms with Crippen molar-refractivity contribution in [3.8, 4) is 0 Å². The predicted octanol–water partition coefficient (Wildman–Crippen LogP) is 0.129. The zero-order valence-electron chi connectivity index (χ0n) is 15.9. The van der Waals surface area contributed by atoms with E-state index >= 15 is 0 Å². The van der Waals surface area contributed by atoms with Crippen LogP contribution in [-0.4, -0.2) is 71.7 Å². The molecule has 0 aromatic rings. The van der Waals surface area contributed by atoms with Gasteiger partial charge in [0, 0.05) is 33.7 Å². The van der Waals surface area contributed by atoms with E-state index in [0.717, 1.165) is 38.5 Å². The average molecular weight is 376 g/mol. The van der Waals surface area contributed by atoms with Gasteiger partial charge in [0.1, 0.15) is 0 Å². The first-order chi connectivity index (χ1) is 11.7. The minimum absolute atomic E-state index is 0.155. The van der Waals surface area contributed by atoms with Gasteiger partial charge in [0.25, 0.3) is 0 Å². The van der Waals surface area contributed by atoms with Crippen LogP contribution >= 0.6 is 0 Å². The SMILES string of the molecule is CCNC(=NCC1(C(=O)N(C)C)CCCC1)NCCCNS(C)(=O)=O. The molecule has 0 saturated heterocycles. The molecule has 0 radical (unpaired) electrons. The number of nitrogens with zero attached hydrogens (tertiary/aromatic N) is 2. The summed E-state index contributed by atoms with van der Waals surface area (Å²) in [4.78, 5) is 18.9. The molecule has 1 amide bonds. The van der Waals surface area contributed by atoms with Crippen LogP contribution in [0.3, 0.4) is 0 Å². The lowest BCUT2D eigenvalue weighted by molar-refractivity contribution is -0.138. The van der Waals surface area contributed by atoms with Gasteiger partial charge < -0.3 is 15.5 Å². The van der Waals surface area contributed by atoms with E-state index in [-0.39, 0.29) is 11.3 Å². The van der Waals surface area contributed by atoms with Gasteiger partial charge in [0.2, 0.25) is 15.9 Å². The second kappa shape index (κ2) is 9.96. The number of aliphatic imine (C=N–C) groups is 1. The monoisotopic (exact) mass is 375 g/mol. The lowest BCUT2D eigenvalue weighted by Gasteiger charge is -2.29. The Hall–Kier alpha value is -1.35. The number of guanidine groups is 1. The molecule has 1 rings (SSSR count). The number of amides is 1. The maximum absolute atomic E-state index is 12.6. The molecule has 0 aromatic carbocycles. The van der Waals surface area contributed by atoms with Crippen LogP contribution in [0.2, 0.25) is 0 Å². The van der Waals surface area contributed by atoms with Crippen LogP contribution < -0.4 is 15.4 Å². The van der Waals surface area contributed by atoms with E-state index in [1.165, 1.54) is 0 Å². The summed E-state index contributed by atoms with van der Waals surface area (Å²) in [6.07, 6.45) is 5.69. The van der Waals surface area contributed by atoms with Gasteiger partial charge in [-0.1, -0.05) is 12.8 Å². The lowest BCUT2D eigenvalue weighted by atomic mass is 9.85. The van der Waals surface area contributed by atoms with Crippen molar-refractivity contribution in [3.63, 3.8) is 0 Å². The van der Waals surface area contributed by atoms with Gasteiger partial charge in [0.15, 0.2) is 5.96 Å². The summed E-state index contributed by atoms with van der Waals surface area (Å²) < 4.78 is 24.5. The highest BCUT2D eigenvalue weighted by Gasteiger charge is 2.41. The van der Waals surface area contributed by atoms with Gasteiger partial charge >= 0.3 is 0 Å². The first-order valence-corrected chi connectivity index (χ1v) is 10.8. The molecule has 1 fully saturated rings. The molecule has 0 heterocycles. The Labute approximate surface area is 151 Å². The van der Waals surface area contributed by atoms with Gasteiger partial charge in [-0.25, -0.2) is 13.1 Å². The van der Waals surface area contributed by atoms with E-state index in [2.05, 4.69) is 20.3 Å². The van der Waals surface area contributed by atoms with E-state index < -0.39 is 10.0 Å². The van der Waals surface area contributed by atoms with Gasteiger partial charge in [-0.3, -0.25) is 9.79 Å². The molecule has 146 valence electrons. The largest absolute Gasteiger partial charge is 0.357 e. The highest BCUT2D eigenvalue weighted by molar-refractivity contribution is 7.88. The molecular weight excluding hydrogens is 342 g/mol. The Morgan fingerprint density at radius 2 is 1.80 bits per heavy atom. The Balaban J connectivity index is 2.59. The number of nitrogens with one attached hydrogen (secondary N) is 3. The average Bonchev–Trinajstić information content (AvgIpc) is 3.00. The molecule has 1 aliphatic rings. The number of carbonyl (C=O) groups is 1. The van der Waals surface area contributed by atoms with E-state index in [1.54, 1.807) is 19.0 Å². The highest BCUT2D eigenvalue weighted by atomic mass is 32.2. The lowest BCUT2D eigenvalue weighted by Crippen LogP contribution is -2.43. The second-order valence-electron chi connectivity index (χ2n) is 6.83. The van der Waals surface area contributed by atoms with Crippen molar-refractivity contribution in [2.45, 2.75) is 39.0 Å². The van der Waals surface area contributed by atoms with Crippen LogP contribution in [0.15, 0.2) is 4.99 Å². The molecule has 1 saturated carbocycles. The molecule has 0 spiro atoms. The van der Waals surface area contributed by atoms with Crippen molar-refractivity contribution < 1.29 is 13.2 Å². The fourth-order valence-electron chi connectivity index (χ4n) is 3.09. The minimum atomic E-state index is -3.15. The molecule has 8 nitrogen and oxygen atoms in total. The third kappa shape index (κ3) is 7.60. The number of hydrogen-bond acceptors (Lipinski definition) is 4. The van der Waals surface area contributed by atoms with E-state index in [9.17, 15) is 13.2 Å². The Bertz CT molecular complexity index is 554. The second-order valence-corrected chi connectivity index (χ2v) is 8.66. The Morgan fingerprint density at radius 1 is 1.16 bits per heavy atom. The van der Waals surface area contributed by atoms with Gasteiger partial charge in [-0.05, 0) is 26.2 Å². The van der Waals surface area contributed by atoms with Crippen molar-refractivity contribution >= 4 is 21.9 Å². The molecule has 3 N–H and O–H groups in total. The summed E-state index contributed by atoms with van der Waals surface area (Å²) in [6, 6.07) is 0. The van der Waals surface area contributed by atoms with E-state index in [4.69, 9.17) is 0 Å². The fourth-order valence-corrected chi connectivity index (χ4v) is 3.61. The maximum atomic E-state index is 12.6. The van der Waals surface area contributed by atoms with Crippen LogP contribution in [0.4, 0.5) is 0 Å². The fraction of sp³-hybridized carbons (Fsp3) is 0.875. The van der Waals surface area contributed by atoms with Gasteiger partial charge in [-0.2, -0.15) is 0 Å². The molecule has 0 unspecified atom stereocenters. The highest BCUT2D eigenvalue weighted by Crippen LogP contribution is 2.39. The summed E-state index contributed by atoms with van der Waals surface area (Å²) in [5.74, 6) is 0.821. The van der Waals surface area contributed by atoms with Crippen molar-refractivity contribution in [1.29, 1.82) is 0 Å². The maximum Gasteiger partial charge on any atom is 0.230 e. The third-order valence-corrected chi connectivity index (χ3v) is 5.04. The number of rotatable bonds is 9. The number of carbonyl (C=O) groups excluding carboxylic acids is 1. The quantitative estimate of drug-likeness (QED) is 0.302. The third-order valence-electron chi connectivity index (χ3n) is 4.31. The van der Waals surface area contributed by atoms with Crippen molar-refractivity contribution in [3.05, 3.63) is 0 Å². The number of sulfonamides is 1. The molecule has 9 heteroatoms. The zero-order valence-corrected chi connectivity index (χ0v) is 16.7. The van der Waals surface area contributed by atoms with Gasteiger partial charge in [-0.15, -0.1) is 0 Å². The van der Waals surface area contributed by atoms with Crippen molar-refractivity contribution in [2.75, 3.05) is 46.5 Å². The standard InChI is InChI=1S/C16H33N5O3S/c1-5-17-15(18-11-8-12-20-25(4,23)24)19-13-16(9-6-7-10-16)14(22)21(2)3/h20H,5-13H2,1-4H3,(H2,17,18,19). The molecule has 25 heavy (non-hydrogen) atoms. The summed E-state index contributed by atoms with van der Waals surface area (Å²) >= 11 is 0. The molecular formula is C16H33N5O3S. The summed E-state index contributed by atoms with van der Waals surface area (Å²) in [5, 5.41) is 6.37. The summed E-state index contributed by atoms with van der Waals surface area (Å²) in [5.41, 5.74) is -0.385. The smallest absolute Gasteiger partial charge is 0.230 e. The minimum Gasteiger partial charge on any atom is -0.357 e. The first kappa shape index (κ1) is 21.7. The Morgan fingerprint density at radius 3 is 2.32 bits per heavy atom. The van der Waals surface area contributed by atoms with E-state index in [0.29, 0.717) is 32.0 Å². The van der Waals surface area contributed by atoms with Crippen LogP contribution in [0, 0.1) is 5.41 Å². The normalized spacial score (nSPS) is 17.4. The molecule has 1 aliphatic carbocycles. The predicted molar refractivity (Wildman–Crippen MR) is 101 cm³/mol. The van der Waals surface area contributed by atoms with Gasteiger partial charge in [0.05, 0.1) is 18.2 Å². The zero-order chi connectivity index (χ0) is 18.9. The number of hydrogen-bond donors (Lipinski definition) is 3. The van der Waals surface area contributed by atoms with Crippen molar-refractivity contribution in [1.82, 2.24) is 20.3 Å². The van der Waals surface area contributed by atoms with Crippen LogP contribution in [0.1, 0.15) is 39.0 Å². The first-order valence-electron chi connectivity index (χ1n) is 8.89.